The SMILES string of the molecule is Cc1ccc(C#N)c(OC(C)(C)C)c1. The van der Waals surface area contributed by atoms with E-state index in [1.54, 1.807) is 6.07 Å². The molecule has 74 valence electrons. The van der Waals surface area contributed by atoms with Gasteiger partial charge in [-0.1, -0.05) is 6.07 Å². The second-order valence-electron chi connectivity index (χ2n) is 4.33. The zero-order valence-electron chi connectivity index (χ0n) is 9.09. The first kappa shape index (κ1) is 10.6. The van der Waals surface area contributed by atoms with E-state index < -0.39 is 0 Å². The van der Waals surface area contributed by atoms with Crippen LogP contribution in [0.5, 0.6) is 5.75 Å². The van der Waals surface area contributed by atoms with Crippen LogP contribution in [0.25, 0.3) is 0 Å². The average Bonchev–Trinajstić information content (AvgIpc) is 2.01. The first-order valence-corrected chi connectivity index (χ1v) is 4.62. The Hall–Kier alpha value is -1.49. The smallest absolute Gasteiger partial charge is 0.138 e. The number of aryl methyl sites for hydroxylation is 1. The zero-order chi connectivity index (χ0) is 10.8. The van der Waals surface area contributed by atoms with Gasteiger partial charge in [0.2, 0.25) is 0 Å². The summed E-state index contributed by atoms with van der Waals surface area (Å²) >= 11 is 0. The molecular formula is C12H15NO. The second-order valence-corrected chi connectivity index (χ2v) is 4.33. The lowest BCUT2D eigenvalue weighted by Gasteiger charge is -2.22. The fourth-order valence-electron chi connectivity index (χ4n) is 1.14. The lowest BCUT2D eigenvalue weighted by molar-refractivity contribution is 0.130. The van der Waals surface area contributed by atoms with Crippen LogP contribution in [0.2, 0.25) is 0 Å². The van der Waals surface area contributed by atoms with Crippen molar-refractivity contribution in [3.05, 3.63) is 29.3 Å². The molecule has 0 radical (unpaired) electrons. The summed E-state index contributed by atoms with van der Waals surface area (Å²) < 4.78 is 5.68. The predicted molar refractivity (Wildman–Crippen MR) is 56.3 cm³/mol. The topological polar surface area (TPSA) is 33.0 Å². The Morgan fingerprint density at radius 3 is 2.43 bits per heavy atom. The Morgan fingerprint density at radius 1 is 1.29 bits per heavy atom. The third kappa shape index (κ3) is 2.77. The van der Waals surface area contributed by atoms with Gasteiger partial charge in [-0.15, -0.1) is 0 Å². The number of nitrogens with zero attached hydrogens (tertiary/aromatic N) is 1. The normalized spacial score (nSPS) is 10.8. The Bertz CT molecular complexity index is 369. The summed E-state index contributed by atoms with van der Waals surface area (Å²) in [6.45, 7) is 7.89. The van der Waals surface area contributed by atoms with Gasteiger partial charge in [0.25, 0.3) is 0 Å². The van der Waals surface area contributed by atoms with Gasteiger partial charge in [-0.3, -0.25) is 0 Å². The number of rotatable bonds is 1. The zero-order valence-corrected chi connectivity index (χ0v) is 9.09. The summed E-state index contributed by atoms with van der Waals surface area (Å²) in [7, 11) is 0. The fraction of sp³-hybridized carbons (Fsp3) is 0.417. The third-order valence-electron chi connectivity index (χ3n) is 1.67. The lowest BCUT2D eigenvalue weighted by Crippen LogP contribution is -2.23. The number of benzene rings is 1. The van der Waals surface area contributed by atoms with E-state index in [4.69, 9.17) is 10.00 Å². The van der Waals surface area contributed by atoms with Gasteiger partial charge in [-0.05, 0) is 45.4 Å². The molecule has 2 heteroatoms. The molecule has 0 saturated carbocycles. The molecule has 0 heterocycles. The summed E-state index contributed by atoms with van der Waals surface area (Å²) in [6.07, 6.45) is 0. The fourth-order valence-corrected chi connectivity index (χ4v) is 1.14. The molecule has 0 aliphatic rings. The highest BCUT2D eigenvalue weighted by molar-refractivity contribution is 5.45. The van der Waals surface area contributed by atoms with Crippen LogP contribution in [0, 0.1) is 18.3 Å². The minimum absolute atomic E-state index is 0.264. The number of hydrogen-bond acceptors (Lipinski definition) is 2. The van der Waals surface area contributed by atoms with E-state index in [1.165, 1.54) is 0 Å². The average molecular weight is 189 g/mol. The van der Waals surface area contributed by atoms with Crippen molar-refractivity contribution >= 4 is 0 Å². The highest BCUT2D eigenvalue weighted by atomic mass is 16.5. The minimum atomic E-state index is -0.264. The summed E-state index contributed by atoms with van der Waals surface area (Å²) in [5.41, 5.74) is 1.42. The standard InChI is InChI=1S/C12H15NO/c1-9-5-6-10(8-13)11(7-9)14-12(2,3)4/h5-7H,1-4H3. The molecule has 0 aliphatic carbocycles. The van der Waals surface area contributed by atoms with Crippen molar-refractivity contribution in [3.8, 4) is 11.8 Å². The molecule has 0 unspecified atom stereocenters. The van der Waals surface area contributed by atoms with Crippen molar-refractivity contribution in [2.24, 2.45) is 0 Å². The van der Waals surface area contributed by atoms with E-state index >= 15 is 0 Å². The van der Waals surface area contributed by atoms with Crippen LogP contribution in [0.3, 0.4) is 0 Å². The minimum Gasteiger partial charge on any atom is -0.487 e. The highest BCUT2D eigenvalue weighted by Crippen LogP contribution is 2.23. The molecule has 0 fully saturated rings. The Labute approximate surface area is 85.1 Å². The van der Waals surface area contributed by atoms with Crippen molar-refractivity contribution in [1.29, 1.82) is 5.26 Å². The summed E-state index contributed by atoms with van der Waals surface area (Å²) in [6, 6.07) is 7.71. The van der Waals surface area contributed by atoms with E-state index in [0.717, 1.165) is 5.56 Å². The molecule has 0 bridgehead atoms. The molecule has 0 aromatic heterocycles. The Balaban J connectivity index is 3.07. The quantitative estimate of drug-likeness (QED) is 0.680. The summed E-state index contributed by atoms with van der Waals surface area (Å²) in [5.74, 6) is 0.667. The maximum atomic E-state index is 8.88. The van der Waals surface area contributed by atoms with Gasteiger partial charge in [0.15, 0.2) is 0 Å². The van der Waals surface area contributed by atoms with E-state index in [1.807, 2.05) is 39.8 Å². The van der Waals surface area contributed by atoms with Crippen LogP contribution >= 0.6 is 0 Å². The molecule has 0 saturated heterocycles. The van der Waals surface area contributed by atoms with Gasteiger partial charge in [0.1, 0.15) is 17.4 Å². The van der Waals surface area contributed by atoms with Crippen molar-refractivity contribution < 1.29 is 4.74 Å². The summed E-state index contributed by atoms with van der Waals surface area (Å²) in [5, 5.41) is 8.88. The number of hydrogen-bond donors (Lipinski definition) is 0. The molecule has 1 aromatic carbocycles. The van der Waals surface area contributed by atoms with Gasteiger partial charge in [0.05, 0.1) is 5.56 Å². The molecule has 0 N–H and O–H groups in total. The van der Waals surface area contributed by atoms with Crippen LogP contribution in [0.15, 0.2) is 18.2 Å². The third-order valence-corrected chi connectivity index (χ3v) is 1.67. The van der Waals surface area contributed by atoms with Crippen molar-refractivity contribution in [2.45, 2.75) is 33.3 Å². The number of nitriles is 1. The predicted octanol–water partition coefficient (Wildman–Crippen LogP) is 3.04. The number of ether oxygens (including phenoxy) is 1. The van der Waals surface area contributed by atoms with Crippen LogP contribution in [-0.4, -0.2) is 5.60 Å². The van der Waals surface area contributed by atoms with E-state index in [2.05, 4.69) is 6.07 Å². The van der Waals surface area contributed by atoms with Crippen molar-refractivity contribution in [3.63, 3.8) is 0 Å². The molecule has 1 aromatic rings. The second kappa shape index (κ2) is 3.71. The van der Waals surface area contributed by atoms with E-state index in [0.29, 0.717) is 11.3 Å². The van der Waals surface area contributed by atoms with Crippen LogP contribution in [0.1, 0.15) is 31.9 Å². The summed E-state index contributed by atoms with van der Waals surface area (Å²) in [4.78, 5) is 0. The highest BCUT2D eigenvalue weighted by Gasteiger charge is 2.14. The van der Waals surface area contributed by atoms with Gasteiger partial charge >= 0.3 is 0 Å². The molecule has 0 amide bonds. The molecule has 0 aliphatic heterocycles. The molecule has 0 spiro atoms. The van der Waals surface area contributed by atoms with Crippen LogP contribution in [-0.2, 0) is 0 Å². The maximum Gasteiger partial charge on any atom is 0.138 e. The molecule has 2 nitrogen and oxygen atoms in total. The largest absolute Gasteiger partial charge is 0.487 e. The van der Waals surface area contributed by atoms with Crippen molar-refractivity contribution in [2.75, 3.05) is 0 Å². The van der Waals surface area contributed by atoms with Crippen LogP contribution < -0.4 is 4.74 Å². The van der Waals surface area contributed by atoms with Gasteiger partial charge in [0, 0.05) is 0 Å². The Kier molecular flexibility index (Phi) is 2.81. The van der Waals surface area contributed by atoms with Gasteiger partial charge < -0.3 is 4.74 Å². The Morgan fingerprint density at radius 2 is 1.93 bits per heavy atom. The van der Waals surface area contributed by atoms with Gasteiger partial charge in [-0.2, -0.15) is 5.26 Å². The molecular weight excluding hydrogens is 174 g/mol. The first-order chi connectivity index (χ1) is 6.42. The molecule has 14 heavy (non-hydrogen) atoms. The van der Waals surface area contributed by atoms with Crippen LogP contribution in [0.4, 0.5) is 0 Å². The molecule has 0 atom stereocenters. The monoisotopic (exact) mass is 189 g/mol. The first-order valence-electron chi connectivity index (χ1n) is 4.62. The maximum absolute atomic E-state index is 8.88. The van der Waals surface area contributed by atoms with Crippen molar-refractivity contribution in [1.82, 2.24) is 0 Å². The van der Waals surface area contributed by atoms with Gasteiger partial charge in [-0.25, -0.2) is 0 Å². The van der Waals surface area contributed by atoms with E-state index in [9.17, 15) is 0 Å². The van der Waals surface area contributed by atoms with E-state index in [-0.39, 0.29) is 5.60 Å². The molecule has 1 rings (SSSR count). The lowest BCUT2D eigenvalue weighted by atomic mass is 10.1.